The van der Waals surface area contributed by atoms with Crippen LogP contribution in [0.5, 0.6) is 11.5 Å². The third-order valence-electron chi connectivity index (χ3n) is 2.94. The molecule has 2 aromatic carbocycles. The van der Waals surface area contributed by atoms with Crippen LogP contribution in [0.2, 0.25) is 5.02 Å². The molecular weight excluding hydrogens is 288 g/mol. The SMILES string of the molecule is Cc1cc(C(C=CN)=Nc2ccccc2Cl)c(O)cc1O. The van der Waals surface area contributed by atoms with E-state index in [4.69, 9.17) is 17.3 Å². The third kappa shape index (κ3) is 3.35. The molecule has 0 unspecified atom stereocenters. The van der Waals surface area contributed by atoms with Crippen molar-refractivity contribution in [3.05, 3.63) is 64.8 Å². The second-order valence-corrected chi connectivity index (χ2v) is 4.87. The molecular formula is C16H15ClN2O2. The van der Waals surface area contributed by atoms with Gasteiger partial charge in [-0.3, -0.25) is 0 Å². The van der Waals surface area contributed by atoms with Crippen molar-refractivity contribution in [2.24, 2.45) is 10.7 Å². The Labute approximate surface area is 127 Å². The summed E-state index contributed by atoms with van der Waals surface area (Å²) in [6.45, 7) is 1.73. The van der Waals surface area contributed by atoms with E-state index in [-0.39, 0.29) is 11.5 Å². The van der Waals surface area contributed by atoms with E-state index in [1.54, 1.807) is 31.2 Å². The van der Waals surface area contributed by atoms with Crippen LogP contribution < -0.4 is 5.73 Å². The molecule has 0 aromatic heterocycles. The Morgan fingerprint density at radius 3 is 2.57 bits per heavy atom. The lowest BCUT2D eigenvalue weighted by atomic mass is 10.0. The molecule has 0 saturated heterocycles. The number of aryl methyl sites for hydroxylation is 1. The lowest BCUT2D eigenvalue weighted by Crippen LogP contribution is -1.99. The summed E-state index contributed by atoms with van der Waals surface area (Å²) >= 11 is 6.09. The van der Waals surface area contributed by atoms with Gasteiger partial charge >= 0.3 is 0 Å². The fraction of sp³-hybridized carbons (Fsp3) is 0.0625. The van der Waals surface area contributed by atoms with Crippen LogP contribution in [0.1, 0.15) is 11.1 Å². The highest BCUT2D eigenvalue weighted by Gasteiger charge is 2.11. The first-order chi connectivity index (χ1) is 10.0. The molecule has 0 radical (unpaired) electrons. The quantitative estimate of drug-likeness (QED) is 0.757. The van der Waals surface area contributed by atoms with Crippen molar-refractivity contribution in [3.8, 4) is 11.5 Å². The van der Waals surface area contributed by atoms with Crippen LogP contribution in [0.15, 0.2) is 53.7 Å². The van der Waals surface area contributed by atoms with Crippen LogP contribution in [-0.2, 0) is 0 Å². The lowest BCUT2D eigenvalue weighted by Gasteiger charge is -2.08. The number of nitrogens with zero attached hydrogens (tertiary/aromatic N) is 1. The number of hydrogen-bond donors (Lipinski definition) is 3. The zero-order valence-electron chi connectivity index (χ0n) is 11.4. The van der Waals surface area contributed by atoms with E-state index in [1.165, 1.54) is 12.3 Å². The number of rotatable bonds is 3. The Balaban J connectivity index is 2.60. The fourth-order valence-electron chi connectivity index (χ4n) is 1.84. The summed E-state index contributed by atoms with van der Waals surface area (Å²) in [6.07, 6.45) is 2.90. The third-order valence-corrected chi connectivity index (χ3v) is 3.26. The number of phenols is 2. The highest BCUT2D eigenvalue weighted by Crippen LogP contribution is 2.30. The molecule has 5 heteroatoms. The fourth-order valence-corrected chi connectivity index (χ4v) is 2.02. The maximum Gasteiger partial charge on any atom is 0.128 e. The molecule has 0 atom stereocenters. The minimum atomic E-state index is -0.0815. The Morgan fingerprint density at radius 2 is 1.90 bits per heavy atom. The number of aliphatic imine (C=N–C) groups is 1. The summed E-state index contributed by atoms with van der Waals surface area (Å²) in [5.41, 5.74) is 7.56. The monoisotopic (exact) mass is 302 g/mol. The molecule has 2 aromatic rings. The van der Waals surface area contributed by atoms with E-state index in [0.29, 0.717) is 27.5 Å². The van der Waals surface area contributed by atoms with Crippen molar-refractivity contribution in [2.45, 2.75) is 6.92 Å². The van der Waals surface area contributed by atoms with Gasteiger partial charge in [-0.25, -0.2) is 4.99 Å². The van der Waals surface area contributed by atoms with Gasteiger partial charge in [0.05, 0.1) is 16.4 Å². The molecule has 2 rings (SSSR count). The molecule has 108 valence electrons. The Hall–Kier alpha value is -2.46. The molecule has 0 amide bonds. The first-order valence-electron chi connectivity index (χ1n) is 6.27. The van der Waals surface area contributed by atoms with E-state index < -0.39 is 0 Å². The van der Waals surface area contributed by atoms with Crippen molar-refractivity contribution in [1.29, 1.82) is 0 Å². The zero-order chi connectivity index (χ0) is 15.4. The molecule has 0 fully saturated rings. The predicted octanol–water partition coefficient (Wildman–Crippen LogP) is 3.65. The van der Waals surface area contributed by atoms with Crippen LogP contribution in [0.3, 0.4) is 0 Å². The number of phenolic OH excluding ortho intramolecular Hbond substituents is 2. The molecule has 4 nitrogen and oxygen atoms in total. The van der Waals surface area contributed by atoms with Gasteiger partial charge in [-0.1, -0.05) is 23.7 Å². The molecule has 0 heterocycles. The van der Waals surface area contributed by atoms with E-state index in [2.05, 4.69) is 4.99 Å². The predicted molar refractivity (Wildman–Crippen MR) is 85.5 cm³/mol. The van der Waals surface area contributed by atoms with Gasteiger partial charge in [0.2, 0.25) is 0 Å². The second-order valence-electron chi connectivity index (χ2n) is 4.46. The smallest absolute Gasteiger partial charge is 0.128 e. The maximum atomic E-state index is 10.0. The van der Waals surface area contributed by atoms with Crippen LogP contribution >= 0.6 is 11.6 Å². The van der Waals surface area contributed by atoms with Crippen molar-refractivity contribution >= 4 is 23.0 Å². The topological polar surface area (TPSA) is 78.8 Å². The summed E-state index contributed by atoms with van der Waals surface area (Å²) in [6, 6.07) is 10.0. The number of nitrogens with two attached hydrogens (primary N) is 1. The first kappa shape index (κ1) is 14.9. The second kappa shape index (κ2) is 6.33. The average Bonchev–Trinajstić information content (AvgIpc) is 2.45. The largest absolute Gasteiger partial charge is 0.508 e. The van der Waals surface area contributed by atoms with Crippen molar-refractivity contribution in [1.82, 2.24) is 0 Å². The van der Waals surface area contributed by atoms with Crippen molar-refractivity contribution < 1.29 is 10.2 Å². The van der Waals surface area contributed by atoms with Crippen LogP contribution in [0.4, 0.5) is 5.69 Å². The van der Waals surface area contributed by atoms with Crippen LogP contribution in [0.25, 0.3) is 0 Å². The summed E-state index contributed by atoms with van der Waals surface area (Å²) < 4.78 is 0. The Morgan fingerprint density at radius 1 is 1.19 bits per heavy atom. The van der Waals surface area contributed by atoms with E-state index in [9.17, 15) is 10.2 Å². The van der Waals surface area contributed by atoms with Gasteiger partial charge in [-0.05, 0) is 43.0 Å². The molecule has 0 spiro atoms. The van der Waals surface area contributed by atoms with E-state index >= 15 is 0 Å². The maximum absolute atomic E-state index is 10.0. The Kier molecular flexibility index (Phi) is 4.50. The zero-order valence-corrected chi connectivity index (χ0v) is 12.2. The minimum absolute atomic E-state index is 0.0186. The standard InChI is InChI=1S/C16H15ClN2O2/c1-10-8-11(16(21)9-15(10)20)13(6-7-18)19-14-5-3-2-4-12(14)17/h2-9,20-21H,18H2,1H3. The highest BCUT2D eigenvalue weighted by atomic mass is 35.5. The first-order valence-corrected chi connectivity index (χ1v) is 6.65. The van der Waals surface area contributed by atoms with E-state index in [0.717, 1.165) is 0 Å². The van der Waals surface area contributed by atoms with Crippen molar-refractivity contribution in [3.63, 3.8) is 0 Å². The Bertz CT molecular complexity index is 724. The van der Waals surface area contributed by atoms with Gasteiger partial charge in [-0.2, -0.15) is 0 Å². The van der Waals surface area contributed by atoms with E-state index in [1.807, 2.05) is 12.1 Å². The minimum Gasteiger partial charge on any atom is -0.508 e. The molecule has 4 N–H and O–H groups in total. The van der Waals surface area contributed by atoms with Gasteiger partial charge in [0.1, 0.15) is 11.5 Å². The van der Waals surface area contributed by atoms with Gasteiger partial charge in [0.15, 0.2) is 0 Å². The molecule has 0 aliphatic carbocycles. The number of allylic oxidation sites excluding steroid dienone is 1. The molecule has 0 aliphatic rings. The van der Waals surface area contributed by atoms with Crippen molar-refractivity contribution in [2.75, 3.05) is 0 Å². The molecule has 0 saturated carbocycles. The van der Waals surface area contributed by atoms with Gasteiger partial charge in [-0.15, -0.1) is 0 Å². The summed E-state index contributed by atoms with van der Waals surface area (Å²) in [5, 5.41) is 20.1. The normalized spacial score (nSPS) is 12.0. The highest BCUT2D eigenvalue weighted by molar-refractivity contribution is 6.33. The van der Waals surface area contributed by atoms with Crippen LogP contribution in [-0.4, -0.2) is 15.9 Å². The average molecular weight is 303 g/mol. The number of para-hydroxylation sites is 1. The van der Waals surface area contributed by atoms with Crippen LogP contribution in [0, 0.1) is 6.92 Å². The number of benzene rings is 2. The molecule has 0 aliphatic heterocycles. The summed E-state index contributed by atoms with van der Waals surface area (Å²) in [7, 11) is 0. The summed E-state index contributed by atoms with van der Waals surface area (Å²) in [4.78, 5) is 4.43. The summed E-state index contributed by atoms with van der Waals surface area (Å²) in [5.74, 6) is -0.0629. The lowest BCUT2D eigenvalue weighted by molar-refractivity contribution is 0.447. The van der Waals surface area contributed by atoms with Gasteiger partial charge in [0, 0.05) is 11.6 Å². The number of halogens is 1. The van der Waals surface area contributed by atoms with Gasteiger partial charge in [0.25, 0.3) is 0 Å². The van der Waals surface area contributed by atoms with Gasteiger partial charge < -0.3 is 15.9 Å². The molecule has 0 bridgehead atoms. The number of hydrogen-bond acceptors (Lipinski definition) is 4. The number of aromatic hydroxyl groups is 2. The molecule has 21 heavy (non-hydrogen) atoms.